The molecule has 61 heavy (non-hydrogen) atoms. The van der Waals surface area contributed by atoms with Gasteiger partial charge in [0.2, 0.25) is 5.91 Å². The number of fused-ring (bicyclic) bond motifs is 1. The first-order valence-corrected chi connectivity index (χ1v) is 20.6. The van der Waals surface area contributed by atoms with Crippen molar-refractivity contribution in [3.63, 3.8) is 0 Å². The molecule has 4 aromatic rings. The summed E-state index contributed by atoms with van der Waals surface area (Å²) in [5.41, 5.74) is -0.0745. The Hall–Kier alpha value is -4.54. The van der Waals surface area contributed by atoms with E-state index in [4.69, 9.17) is 60.6 Å². The van der Waals surface area contributed by atoms with E-state index < -0.39 is 40.0 Å². The smallest absolute Gasteiger partial charge is 0.431 e. The summed E-state index contributed by atoms with van der Waals surface area (Å²) in [5, 5.41) is 0.0104. The molecule has 0 N–H and O–H groups in total. The van der Waals surface area contributed by atoms with Gasteiger partial charge in [-0.15, -0.1) is 11.6 Å². The number of hydrogen-bond donors (Lipinski definition) is 0. The number of nitrogens with zero attached hydrogens (tertiary/aromatic N) is 4. The normalized spacial score (nSPS) is 13.9. The van der Waals surface area contributed by atoms with Crippen LogP contribution in [-0.4, -0.2) is 76.1 Å². The molecular weight excluding hydrogens is 887 g/mol. The lowest BCUT2D eigenvalue weighted by Crippen LogP contribution is -2.47. The number of carbonyl (C=O) groups is 3. The maximum atomic E-state index is 12.9. The van der Waals surface area contributed by atoms with Crippen molar-refractivity contribution in [2.45, 2.75) is 77.2 Å². The Kier molecular flexibility index (Phi) is 18.8. The molecule has 0 aliphatic carbocycles. The minimum Gasteiger partial charge on any atom is -0.489 e. The molecule has 2 heterocycles. The van der Waals surface area contributed by atoms with Gasteiger partial charge in [-0.25, -0.2) is 14.2 Å². The number of alkyl halides is 6. The molecule has 2 unspecified atom stereocenters. The molecule has 0 radical (unpaired) electrons. The second-order valence-corrected chi connectivity index (χ2v) is 15.7. The van der Waals surface area contributed by atoms with Crippen LogP contribution < -0.4 is 25.8 Å². The molecule has 12 nitrogen and oxygen atoms in total. The van der Waals surface area contributed by atoms with Crippen LogP contribution in [0, 0.1) is 6.92 Å². The summed E-state index contributed by atoms with van der Waals surface area (Å²) in [5.74, 6) is -0.528. The van der Waals surface area contributed by atoms with Gasteiger partial charge in [-0.2, -0.15) is 13.2 Å². The quantitative estimate of drug-likeness (QED) is 0.114. The van der Waals surface area contributed by atoms with Crippen LogP contribution in [0.5, 0.6) is 5.75 Å². The van der Waals surface area contributed by atoms with Gasteiger partial charge in [-0.05, 0) is 82.5 Å². The van der Waals surface area contributed by atoms with Crippen LogP contribution in [0.25, 0.3) is 5.69 Å². The molecule has 0 fully saturated rings. The van der Waals surface area contributed by atoms with Crippen molar-refractivity contribution in [1.29, 1.82) is 0 Å². The van der Waals surface area contributed by atoms with Gasteiger partial charge in [-0.3, -0.25) is 19.0 Å². The maximum absolute atomic E-state index is 12.9. The standard InChI is InChI=1S/C16H14ClF3N2O4.C15H22ClNO2.C11H11Cl2NO2/c1-8(2)26-14(24)10-6-9(4-5-11(10)17)22-13(23)7-12(16(18,19)20)21(3)15(22)25;1-5-13-8-6-7-11(2)15(13)17(14(18)9-16)12(3)10-19-4;1-7-6-16-9-5-3-2-4-8(9)14(7)11(15)10(12)13/h4-8H,1-3H3;6-8,12H,5,9-10H2,1-4H3;2-5,7,10H,6H2,1H3. The Labute approximate surface area is 371 Å². The number of carbonyl (C=O) groups excluding carboxylic acids is 3. The van der Waals surface area contributed by atoms with Crippen LogP contribution in [-0.2, 0) is 38.7 Å². The molecule has 0 bridgehead atoms. The summed E-state index contributed by atoms with van der Waals surface area (Å²) in [6.07, 6.45) is -4.43. The van der Waals surface area contributed by atoms with Crippen molar-refractivity contribution in [2.75, 3.05) is 36.0 Å². The van der Waals surface area contributed by atoms with E-state index in [0.717, 1.165) is 42.0 Å². The number of esters is 1. The average Bonchev–Trinajstić information content (AvgIpc) is 3.20. The predicted octanol–water partition coefficient (Wildman–Crippen LogP) is 8.54. The average molecular weight is 935 g/mol. The summed E-state index contributed by atoms with van der Waals surface area (Å²) in [7, 11) is 2.53. The fraction of sp³-hybridized carbons (Fsp3) is 0.405. The summed E-state index contributed by atoms with van der Waals surface area (Å²) in [6, 6.07) is 17.2. The van der Waals surface area contributed by atoms with Crippen LogP contribution in [0.3, 0.4) is 0 Å². The Balaban J connectivity index is 0.000000252. The highest BCUT2D eigenvalue weighted by Gasteiger charge is 2.35. The second kappa shape index (κ2) is 22.5. The van der Waals surface area contributed by atoms with Crippen molar-refractivity contribution in [3.8, 4) is 11.4 Å². The maximum Gasteiger partial charge on any atom is 0.431 e. The van der Waals surface area contributed by atoms with E-state index in [1.807, 2.05) is 57.2 Å². The van der Waals surface area contributed by atoms with E-state index in [-0.39, 0.29) is 46.1 Å². The van der Waals surface area contributed by atoms with Crippen molar-refractivity contribution >= 4 is 75.6 Å². The lowest BCUT2D eigenvalue weighted by molar-refractivity contribution is -0.144. The van der Waals surface area contributed by atoms with Gasteiger partial charge in [0.25, 0.3) is 11.5 Å². The zero-order valence-corrected chi connectivity index (χ0v) is 37.7. The first-order chi connectivity index (χ1) is 28.6. The number of benzene rings is 3. The number of aryl methyl sites for hydroxylation is 2. The number of para-hydroxylation sites is 3. The van der Waals surface area contributed by atoms with E-state index in [1.54, 1.807) is 30.8 Å². The highest BCUT2D eigenvalue weighted by molar-refractivity contribution is 6.54. The molecule has 1 aromatic heterocycles. The molecule has 0 saturated heterocycles. The number of rotatable bonds is 10. The Morgan fingerprint density at radius 2 is 1.66 bits per heavy atom. The molecule has 1 aliphatic rings. The molecule has 19 heteroatoms. The van der Waals surface area contributed by atoms with E-state index in [0.29, 0.717) is 34.2 Å². The van der Waals surface area contributed by atoms with Crippen molar-refractivity contribution < 1.29 is 41.8 Å². The zero-order chi connectivity index (χ0) is 45.9. The van der Waals surface area contributed by atoms with E-state index in [9.17, 15) is 37.1 Å². The third-order valence-corrected chi connectivity index (χ3v) is 9.96. The highest BCUT2D eigenvalue weighted by Crippen LogP contribution is 2.35. The summed E-state index contributed by atoms with van der Waals surface area (Å²) >= 11 is 22.9. The van der Waals surface area contributed by atoms with Crippen LogP contribution in [0.1, 0.15) is 61.8 Å². The summed E-state index contributed by atoms with van der Waals surface area (Å²) < 4.78 is 55.2. The molecule has 0 spiro atoms. The second-order valence-electron chi connectivity index (χ2n) is 13.9. The highest BCUT2D eigenvalue weighted by atomic mass is 35.5. The molecule has 5 rings (SSSR count). The monoisotopic (exact) mass is 932 g/mol. The number of aromatic nitrogens is 2. The minimum atomic E-state index is -4.86. The molecule has 2 atom stereocenters. The number of ether oxygens (including phenoxy) is 3. The van der Waals surface area contributed by atoms with Gasteiger partial charge >= 0.3 is 17.8 Å². The van der Waals surface area contributed by atoms with Crippen LogP contribution in [0.2, 0.25) is 5.02 Å². The predicted molar refractivity (Wildman–Crippen MR) is 232 cm³/mol. The van der Waals surface area contributed by atoms with Gasteiger partial charge in [0.15, 0.2) is 4.84 Å². The molecule has 332 valence electrons. The van der Waals surface area contributed by atoms with Crippen LogP contribution >= 0.6 is 46.4 Å². The van der Waals surface area contributed by atoms with Gasteiger partial charge in [0.1, 0.15) is 23.9 Å². The summed E-state index contributed by atoms with van der Waals surface area (Å²) in [4.78, 5) is 62.8. The molecular formula is C42H47Cl4F3N4O8. The third kappa shape index (κ3) is 12.8. The lowest BCUT2D eigenvalue weighted by Gasteiger charge is -2.35. The fourth-order valence-electron chi connectivity index (χ4n) is 6.28. The first-order valence-electron chi connectivity index (χ1n) is 18.8. The fourth-order valence-corrected chi connectivity index (χ4v) is 6.82. The van der Waals surface area contributed by atoms with E-state index in [2.05, 4.69) is 13.0 Å². The van der Waals surface area contributed by atoms with Crippen LogP contribution in [0.15, 0.2) is 76.3 Å². The van der Waals surface area contributed by atoms with Crippen molar-refractivity contribution in [2.24, 2.45) is 7.05 Å². The number of anilines is 2. The van der Waals surface area contributed by atoms with Crippen LogP contribution in [0.4, 0.5) is 24.5 Å². The third-order valence-electron chi connectivity index (χ3n) is 9.03. The first kappa shape index (κ1) is 50.8. The topological polar surface area (TPSA) is 129 Å². The molecule has 2 amide bonds. The van der Waals surface area contributed by atoms with Gasteiger partial charge in [-0.1, -0.05) is 72.1 Å². The van der Waals surface area contributed by atoms with Gasteiger partial charge in [0.05, 0.1) is 52.4 Å². The zero-order valence-electron chi connectivity index (χ0n) is 34.7. The number of amides is 2. The minimum absolute atomic E-state index is 0.0104. The number of methoxy groups -OCH3 is 1. The lowest BCUT2D eigenvalue weighted by atomic mass is 10.0. The molecule has 0 saturated carbocycles. The Morgan fingerprint density at radius 1 is 1.00 bits per heavy atom. The van der Waals surface area contributed by atoms with Crippen molar-refractivity contribution in [1.82, 2.24) is 9.13 Å². The molecule has 3 aromatic carbocycles. The van der Waals surface area contributed by atoms with E-state index in [1.165, 1.54) is 12.1 Å². The van der Waals surface area contributed by atoms with Gasteiger partial charge in [0, 0.05) is 20.2 Å². The van der Waals surface area contributed by atoms with Crippen molar-refractivity contribution in [3.05, 3.63) is 115 Å². The van der Waals surface area contributed by atoms with E-state index >= 15 is 0 Å². The summed E-state index contributed by atoms with van der Waals surface area (Å²) in [6.45, 7) is 12.1. The number of halogens is 7. The van der Waals surface area contributed by atoms with Gasteiger partial charge < -0.3 is 24.0 Å². The largest absolute Gasteiger partial charge is 0.489 e. The molecule has 1 aliphatic heterocycles. The number of hydrogen-bond acceptors (Lipinski definition) is 8. The Morgan fingerprint density at radius 3 is 2.23 bits per heavy atom. The SMILES string of the molecule is CC(C)OC(=O)c1cc(-n2c(=O)cc(C(F)(F)F)n(C)c2=O)ccc1Cl.CC1COc2ccccc2N1C(=O)C(Cl)Cl.CCc1cccc(C)c1N(C(=O)CCl)C(C)COC. The Bertz CT molecular complexity index is 2300.